The Labute approximate surface area is 98.9 Å². The Kier molecular flexibility index (Phi) is 5.36. The van der Waals surface area contributed by atoms with E-state index in [1.165, 1.54) is 11.8 Å². The van der Waals surface area contributed by atoms with Crippen LogP contribution in [-0.4, -0.2) is 24.5 Å². The van der Waals surface area contributed by atoms with Gasteiger partial charge < -0.3 is 5.32 Å². The van der Waals surface area contributed by atoms with E-state index < -0.39 is 0 Å². The first kappa shape index (κ1) is 12.5. The molecule has 0 heterocycles. The maximum absolute atomic E-state index is 11.3. The number of benzene rings is 1. The molecule has 0 aliphatic heterocycles. The summed E-state index contributed by atoms with van der Waals surface area (Å²) in [4.78, 5) is 22.7. The number of hydrogen-bond acceptors (Lipinski definition) is 3. The molecule has 0 aliphatic carbocycles. The Balaban J connectivity index is 2.39. The van der Waals surface area contributed by atoms with Crippen LogP contribution in [0.5, 0.6) is 0 Å². The topological polar surface area (TPSA) is 46.2 Å². The molecule has 1 aromatic rings. The van der Waals surface area contributed by atoms with Gasteiger partial charge in [-0.3, -0.25) is 9.59 Å². The van der Waals surface area contributed by atoms with Crippen LogP contribution < -0.4 is 5.32 Å². The van der Waals surface area contributed by atoms with Crippen molar-refractivity contribution in [2.45, 2.75) is 4.90 Å². The summed E-state index contributed by atoms with van der Waals surface area (Å²) in [5.41, 5.74) is 0.639. The summed E-state index contributed by atoms with van der Waals surface area (Å²) in [6.07, 6.45) is 2.44. The summed E-state index contributed by atoms with van der Waals surface area (Å²) in [6, 6.07) is 7.12. The molecule has 0 saturated carbocycles. The van der Waals surface area contributed by atoms with E-state index >= 15 is 0 Å². The molecule has 1 amide bonds. The van der Waals surface area contributed by atoms with Gasteiger partial charge in [0.2, 0.25) is 5.91 Å². The second-order valence-corrected chi connectivity index (χ2v) is 4.12. The van der Waals surface area contributed by atoms with Gasteiger partial charge >= 0.3 is 0 Å². The number of rotatable bonds is 6. The van der Waals surface area contributed by atoms with Crippen molar-refractivity contribution >= 4 is 24.0 Å². The number of carbonyl (C=O) groups is 2. The Bertz CT molecular complexity index is 373. The van der Waals surface area contributed by atoms with Crippen LogP contribution in [0.15, 0.2) is 41.8 Å². The van der Waals surface area contributed by atoms with Crippen molar-refractivity contribution in [1.29, 1.82) is 0 Å². The van der Waals surface area contributed by atoms with Crippen LogP contribution in [0.4, 0.5) is 0 Å². The Hall–Kier alpha value is -1.55. The molecule has 3 nitrogen and oxygen atoms in total. The number of thioether (sulfide) groups is 1. The van der Waals surface area contributed by atoms with Gasteiger partial charge in [-0.2, -0.15) is 0 Å². The van der Waals surface area contributed by atoms with E-state index in [4.69, 9.17) is 0 Å². The zero-order valence-electron chi connectivity index (χ0n) is 8.81. The van der Waals surface area contributed by atoms with E-state index in [1.54, 1.807) is 18.2 Å². The number of carbonyl (C=O) groups excluding carboxylic acids is 2. The third-order valence-electron chi connectivity index (χ3n) is 1.83. The quantitative estimate of drug-likeness (QED) is 0.465. The van der Waals surface area contributed by atoms with Crippen LogP contribution in [0.1, 0.15) is 10.4 Å². The van der Waals surface area contributed by atoms with Crippen molar-refractivity contribution in [3.8, 4) is 0 Å². The van der Waals surface area contributed by atoms with Gasteiger partial charge in [0, 0.05) is 17.0 Å². The fourth-order valence-corrected chi connectivity index (χ4v) is 1.76. The van der Waals surface area contributed by atoms with E-state index in [-0.39, 0.29) is 5.91 Å². The molecular weight excluding hydrogens is 222 g/mol. The Morgan fingerprint density at radius 3 is 2.62 bits per heavy atom. The van der Waals surface area contributed by atoms with Crippen LogP contribution in [0.3, 0.4) is 0 Å². The Morgan fingerprint density at radius 2 is 2.06 bits per heavy atom. The van der Waals surface area contributed by atoms with Crippen molar-refractivity contribution in [2.24, 2.45) is 0 Å². The first-order chi connectivity index (χ1) is 7.76. The standard InChI is InChI=1S/C12H13NO2S/c1-2-7-13-12(15)9-16-11-5-3-10(8-14)4-6-11/h2-6,8H,1,7,9H2,(H,13,15). The maximum Gasteiger partial charge on any atom is 0.230 e. The SMILES string of the molecule is C=CCNC(=O)CSc1ccc(C=O)cc1. The lowest BCUT2D eigenvalue weighted by Crippen LogP contribution is -2.24. The molecule has 0 aliphatic rings. The minimum Gasteiger partial charge on any atom is -0.352 e. The second kappa shape index (κ2) is 6.85. The predicted molar refractivity (Wildman–Crippen MR) is 65.8 cm³/mol. The zero-order valence-corrected chi connectivity index (χ0v) is 9.63. The van der Waals surface area contributed by atoms with E-state index in [1.807, 2.05) is 12.1 Å². The van der Waals surface area contributed by atoms with Gasteiger partial charge in [-0.05, 0) is 12.1 Å². The minimum atomic E-state index is -0.0237. The smallest absolute Gasteiger partial charge is 0.230 e. The third kappa shape index (κ3) is 4.31. The highest BCUT2D eigenvalue weighted by atomic mass is 32.2. The van der Waals surface area contributed by atoms with Crippen LogP contribution in [0.25, 0.3) is 0 Å². The monoisotopic (exact) mass is 235 g/mol. The van der Waals surface area contributed by atoms with Gasteiger partial charge in [-0.25, -0.2) is 0 Å². The average molecular weight is 235 g/mol. The van der Waals surface area contributed by atoms with Crippen LogP contribution >= 0.6 is 11.8 Å². The molecule has 4 heteroatoms. The van der Waals surface area contributed by atoms with Crippen LogP contribution in [0.2, 0.25) is 0 Å². The number of nitrogens with one attached hydrogen (secondary N) is 1. The fraction of sp³-hybridized carbons (Fsp3) is 0.167. The van der Waals surface area contributed by atoms with Crippen molar-refractivity contribution in [3.05, 3.63) is 42.5 Å². The fourth-order valence-electron chi connectivity index (χ4n) is 1.03. The van der Waals surface area contributed by atoms with E-state index in [2.05, 4.69) is 11.9 Å². The zero-order chi connectivity index (χ0) is 11.8. The normalized spacial score (nSPS) is 9.50. The highest BCUT2D eigenvalue weighted by Gasteiger charge is 2.01. The van der Waals surface area contributed by atoms with Crippen LogP contribution in [-0.2, 0) is 4.79 Å². The molecule has 0 fully saturated rings. The van der Waals surface area contributed by atoms with Gasteiger partial charge in [0.25, 0.3) is 0 Å². The molecule has 1 N–H and O–H groups in total. The minimum absolute atomic E-state index is 0.0237. The van der Waals surface area contributed by atoms with E-state index in [0.717, 1.165) is 11.2 Å². The highest BCUT2D eigenvalue weighted by Crippen LogP contribution is 2.17. The second-order valence-electron chi connectivity index (χ2n) is 3.07. The molecule has 0 aromatic heterocycles. The number of amides is 1. The lowest BCUT2D eigenvalue weighted by atomic mass is 10.2. The van der Waals surface area contributed by atoms with Gasteiger partial charge in [-0.1, -0.05) is 18.2 Å². The first-order valence-electron chi connectivity index (χ1n) is 4.82. The number of hydrogen-bond donors (Lipinski definition) is 1. The highest BCUT2D eigenvalue weighted by molar-refractivity contribution is 8.00. The van der Waals surface area contributed by atoms with Crippen molar-refractivity contribution in [1.82, 2.24) is 5.32 Å². The first-order valence-corrected chi connectivity index (χ1v) is 5.80. The van der Waals surface area contributed by atoms with Gasteiger partial charge in [0.05, 0.1) is 5.75 Å². The molecule has 0 saturated heterocycles. The molecule has 0 radical (unpaired) electrons. The molecule has 16 heavy (non-hydrogen) atoms. The maximum atomic E-state index is 11.3. The van der Waals surface area contributed by atoms with Gasteiger partial charge in [0.1, 0.15) is 6.29 Å². The lowest BCUT2D eigenvalue weighted by Gasteiger charge is -2.02. The molecule has 84 valence electrons. The van der Waals surface area contributed by atoms with Gasteiger partial charge in [0.15, 0.2) is 0 Å². The molecule has 0 bridgehead atoms. The lowest BCUT2D eigenvalue weighted by molar-refractivity contribution is -0.118. The Morgan fingerprint density at radius 1 is 1.38 bits per heavy atom. The molecular formula is C12H13NO2S. The largest absolute Gasteiger partial charge is 0.352 e. The summed E-state index contributed by atoms with van der Waals surface area (Å²) in [6.45, 7) is 4.00. The number of aldehydes is 1. The van der Waals surface area contributed by atoms with Crippen molar-refractivity contribution in [2.75, 3.05) is 12.3 Å². The van der Waals surface area contributed by atoms with Crippen LogP contribution in [0, 0.1) is 0 Å². The summed E-state index contributed by atoms with van der Waals surface area (Å²) in [5, 5.41) is 2.69. The summed E-state index contributed by atoms with van der Waals surface area (Å²) >= 11 is 1.44. The summed E-state index contributed by atoms with van der Waals surface area (Å²) < 4.78 is 0. The third-order valence-corrected chi connectivity index (χ3v) is 2.84. The predicted octanol–water partition coefficient (Wildman–Crippen LogP) is 1.89. The molecule has 0 spiro atoms. The summed E-state index contributed by atoms with van der Waals surface area (Å²) in [5.74, 6) is 0.346. The molecule has 0 unspecified atom stereocenters. The van der Waals surface area contributed by atoms with E-state index in [9.17, 15) is 9.59 Å². The molecule has 0 atom stereocenters. The molecule has 1 rings (SSSR count). The molecule has 1 aromatic carbocycles. The average Bonchev–Trinajstić information content (AvgIpc) is 2.34. The summed E-state index contributed by atoms with van der Waals surface area (Å²) in [7, 11) is 0. The van der Waals surface area contributed by atoms with Gasteiger partial charge in [-0.15, -0.1) is 18.3 Å². The van der Waals surface area contributed by atoms with E-state index in [0.29, 0.717) is 17.9 Å². The van der Waals surface area contributed by atoms with Crippen molar-refractivity contribution in [3.63, 3.8) is 0 Å². The van der Waals surface area contributed by atoms with Crippen molar-refractivity contribution < 1.29 is 9.59 Å².